The Balaban J connectivity index is 1.86. The number of fused-ring (bicyclic) bond motifs is 1. The normalized spacial score (nSPS) is 26.4. The van der Waals surface area contributed by atoms with Crippen LogP contribution < -0.4 is 4.74 Å². The molecule has 1 heterocycles. The maximum Gasteiger partial charge on any atom is 0.189 e. The van der Waals surface area contributed by atoms with Crippen LogP contribution >= 0.6 is 0 Å². The summed E-state index contributed by atoms with van der Waals surface area (Å²) in [6, 6.07) is 4.86. The van der Waals surface area contributed by atoms with Crippen molar-refractivity contribution in [1.29, 1.82) is 0 Å². The number of carbonyl (C=O) groups is 1. The molecule has 1 aromatic rings. The number of allylic oxidation sites excluding steroid dienone is 2. The molecule has 3 rings (SSSR count). The van der Waals surface area contributed by atoms with Gasteiger partial charge in [-0.3, -0.25) is 4.79 Å². The molecule has 1 aliphatic heterocycles. The number of ketones is 1. The van der Waals surface area contributed by atoms with Crippen molar-refractivity contribution in [3.05, 3.63) is 54.1 Å². The van der Waals surface area contributed by atoms with Crippen LogP contribution in [-0.2, 0) is 20.7 Å². The van der Waals surface area contributed by atoms with Gasteiger partial charge in [0.25, 0.3) is 0 Å². The minimum atomic E-state index is -0.687. The van der Waals surface area contributed by atoms with Crippen LogP contribution in [0.25, 0.3) is 0 Å². The molecule has 0 radical (unpaired) electrons. The third-order valence-electron chi connectivity index (χ3n) is 5.21. The highest BCUT2D eigenvalue weighted by Crippen LogP contribution is 2.46. The first-order valence-electron chi connectivity index (χ1n) is 8.46. The molecule has 0 bridgehead atoms. The van der Waals surface area contributed by atoms with Crippen molar-refractivity contribution in [3.8, 4) is 5.75 Å². The third-order valence-corrected chi connectivity index (χ3v) is 5.21. The molecule has 0 saturated carbocycles. The number of methoxy groups -OCH3 is 1. The molecular weight excluding hydrogens is 323 g/mol. The van der Waals surface area contributed by atoms with Crippen molar-refractivity contribution >= 4 is 5.78 Å². The number of rotatable bonds is 6. The Hall–Kier alpha value is -2.14. The van der Waals surface area contributed by atoms with E-state index in [9.17, 15) is 9.18 Å². The van der Waals surface area contributed by atoms with Gasteiger partial charge >= 0.3 is 0 Å². The Morgan fingerprint density at radius 3 is 3.00 bits per heavy atom. The molecule has 3 atom stereocenters. The van der Waals surface area contributed by atoms with E-state index in [1.54, 1.807) is 24.3 Å². The van der Waals surface area contributed by atoms with Gasteiger partial charge in [0, 0.05) is 18.1 Å². The van der Waals surface area contributed by atoms with E-state index in [1.807, 2.05) is 6.92 Å². The van der Waals surface area contributed by atoms with Gasteiger partial charge in [-0.15, -0.1) is 6.58 Å². The number of hydrogen-bond acceptors (Lipinski definition) is 4. The first-order chi connectivity index (χ1) is 12.0. The average Bonchev–Trinajstić information content (AvgIpc) is 3.01. The number of ether oxygens (including phenoxy) is 3. The van der Waals surface area contributed by atoms with E-state index in [2.05, 4.69) is 6.58 Å². The van der Waals surface area contributed by atoms with Gasteiger partial charge < -0.3 is 14.2 Å². The average molecular weight is 346 g/mol. The van der Waals surface area contributed by atoms with Crippen molar-refractivity contribution in [2.45, 2.75) is 31.8 Å². The van der Waals surface area contributed by atoms with Crippen molar-refractivity contribution in [2.75, 3.05) is 13.9 Å². The molecule has 0 N–H and O–H groups in total. The first kappa shape index (κ1) is 17.7. The first-order valence-corrected chi connectivity index (χ1v) is 8.46. The maximum atomic E-state index is 14.3. The smallest absolute Gasteiger partial charge is 0.189 e. The van der Waals surface area contributed by atoms with Gasteiger partial charge in [-0.25, -0.2) is 4.39 Å². The van der Waals surface area contributed by atoms with Crippen LogP contribution in [0.3, 0.4) is 0 Å². The molecular formula is C20H23FO4. The van der Waals surface area contributed by atoms with Crippen LogP contribution in [0.5, 0.6) is 5.75 Å². The second-order valence-electron chi connectivity index (χ2n) is 6.69. The Morgan fingerprint density at radius 1 is 1.52 bits per heavy atom. The van der Waals surface area contributed by atoms with Gasteiger partial charge in [-0.05, 0) is 36.8 Å². The summed E-state index contributed by atoms with van der Waals surface area (Å²) in [6.07, 6.45) is 4.90. The van der Waals surface area contributed by atoms with Crippen LogP contribution in [0.4, 0.5) is 4.39 Å². The third kappa shape index (κ3) is 3.21. The fourth-order valence-corrected chi connectivity index (χ4v) is 3.73. The summed E-state index contributed by atoms with van der Waals surface area (Å²) in [5, 5.41) is 0. The largest absolute Gasteiger partial charge is 0.497 e. The molecule has 0 unspecified atom stereocenters. The highest BCUT2D eigenvalue weighted by Gasteiger charge is 2.51. The van der Waals surface area contributed by atoms with E-state index in [1.165, 1.54) is 13.2 Å². The fourth-order valence-electron chi connectivity index (χ4n) is 3.73. The van der Waals surface area contributed by atoms with E-state index >= 15 is 0 Å². The monoisotopic (exact) mass is 346 g/mol. The molecule has 1 saturated heterocycles. The van der Waals surface area contributed by atoms with E-state index in [0.717, 1.165) is 0 Å². The summed E-state index contributed by atoms with van der Waals surface area (Å²) in [4.78, 5) is 12.2. The zero-order valence-corrected chi connectivity index (χ0v) is 14.6. The van der Waals surface area contributed by atoms with Crippen LogP contribution in [0.1, 0.15) is 25.3 Å². The summed E-state index contributed by atoms with van der Waals surface area (Å²) < 4.78 is 30.9. The fraction of sp³-hybridized carbons (Fsp3) is 0.450. The lowest BCUT2D eigenvalue weighted by molar-refractivity contribution is -0.123. The summed E-state index contributed by atoms with van der Waals surface area (Å²) >= 11 is 0. The standard InChI is InChI=1S/C20H23FO4/c1-4-5-15-11-20(19(10-18(15)22)24-12-25-20)13(2)8-14-6-7-16(23-3)9-17(14)21/h4,6-7,9-10,13,15H,1,5,8,11-12H2,2-3H3/t13-,15-,20+/m0/s1. The number of halogens is 1. The SMILES string of the molecule is C=CC[C@H]1C[C@]2([C@@H](C)Cc3ccc(OC)cc3F)OCOC2=CC1=O. The topological polar surface area (TPSA) is 44.8 Å². The number of hydrogen-bond donors (Lipinski definition) is 0. The van der Waals surface area contributed by atoms with E-state index in [-0.39, 0.29) is 30.2 Å². The van der Waals surface area contributed by atoms with Gasteiger partial charge in [0.05, 0.1) is 7.11 Å². The minimum absolute atomic E-state index is 0.0406. The molecule has 1 aromatic carbocycles. The van der Waals surface area contributed by atoms with E-state index in [0.29, 0.717) is 36.3 Å². The maximum absolute atomic E-state index is 14.3. The molecule has 0 amide bonds. The second-order valence-corrected chi connectivity index (χ2v) is 6.69. The Bertz CT molecular complexity index is 712. The number of carbonyl (C=O) groups excluding carboxylic acids is 1. The van der Waals surface area contributed by atoms with Crippen molar-refractivity contribution in [3.63, 3.8) is 0 Å². The highest BCUT2D eigenvalue weighted by atomic mass is 19.1. The van der Waals surface area contributed by atoms with Gasteiger partial charge in [-0.1, -0.05) is 19.1 Å². The van der Waals surface area contributed by atoms with Gasteiger partial charge in [0.2, 0.25) is 0 Å². The van der Waals surface area contributed by atoms with Crippen molar-refractivity contribution < 1.29 is 23.4 Å². The molecule has 1 aliphatic carbocycles. The van der Waals surface area contributed by atoms with E-state index < -0.39 is 5.60 Å². The quantitative estimate of drug-likeness (QED) is 0.735. The van der Waals surface area contributed by atoms with E-state index in [4.69, 9.17) is 14.2 Å². The molecule has 0 aromatic heterocycles. The van der Waals surface area contributed by atoms with Crippen molar-refractivity contribution in [1.82, 2.24) is 0 Å². The van der Waals surface area contributed by atoms with Crippen LogP contribution in [0.15, 0.2) is 42.7 Å². The van der Waals surface area contributed by atoms with Gasteiger partial charge in [0.15, 0.2) is 12.6 Å². The molecule has 0 spiro atoms. The number of benzene rings is 1. The zero-order valence-electron chi connectivity index (χ0n) is 14.6. The lowest BCUT2D eigenvalue weighted by Crippen LogP contribution is -2.45. The molecule has 5 heteroatoms. The van der Waals surface area contributed by atoms with Crippen LogP contribution in [-0.4, -0.2) is 25.3 Å². The second kappa shape index (κ2) is 7.00. The molecule has 1 fully saturated rings. The predicted octanol–water partition coefficient (Wildman–Crippen LogP) is 3.81. The van der Waals surface area contributed by atoms with Gasteiger partial charge in [-0.2, -0.15) is 0 Å². The lowest BCUT2D eigenvalue weighted by atomic mass is 9.71. The molecule has 25 heavy (non-hydrogen) atoms. The lowest BCUT2D eigenvalue weighted by Gasteiger charge is -2.38. The Morgan fingerprint density at radius 2 is 2.32 bits per heavy atom. The van der Waals surface area contributed by atoms with Crippen molar-refractivity contribution in [2.24, 2.45) is 11.8 Å². The minimum Gasteiger partial charge on any atom is -0.497 e. The Labute approximate surface area is 147 Å². The zero-order chi connectivity index (χ0) is 18.0. The summed E-state index contributed by atoms with van der Waals surface area (Å²) in [7, 11) is 1.51. The molecule has 134 valence electrons. The predicted molar refractivity (Wildman–Crippen MR) is 91.6 cm³/mol. The summed E-state index contributed by atoms with van der Waals surface area (Å²) in [5.74, 6) is 0.567. The summed E-state index contributed by atoms with van der Waals surface area (Å²) in [5.41, 5.74) is -0.0942. The molecule has 2 aliphatic rings. The Kier molecular flexibility index (Phi) is 4.95. The van der Waals surface area contributed by atoms with Crippen LogP contribution in [0, 0.1) is 17.7 Å². The van der Waals surface area contributed by atoms with Gasteiger partial charge in [0.1, 0.15) is 22.9 Å². The molecule has 4 nitrogen and oxygen atoms in total. The van der Waals surface area contributed by atoms with Crippen LogP contribution in [0.2, 0.25) is 0 Å². The summed E-state index contributed by atoms with van der Waals surface area (Å²) in [6.45, 7) is 5.86. The highest BCUT2D eigenvalue weighted by molar-refractivity contribution is 5.93.